The van der Waals surface area contributed by atoms with Crippen LogP contribution in [-0.4, -0.2) is 21.5 Å². The van der Waals surface area contributed by atoms with Gasteiger partial charge in [-0.15, -0.1) is 11.3 Å². The van der Waals surface area contributed by atoms with Gasteiger partial charge in [0.25, 0.3) is 0 Å². The maximum absolute atomic E-state index is 4.72. The van der Waals surface area contributed by atoms with Crippen molar-refractivity contribution in [3.8, 4) is 10.8 Å². The summed E-state index contributed by atoms with van der Waals surface area (Å²) in [7, 11) is 0. The summed E-state index contributed by atoms with van der Waals surface area (Å²) in [5.41, 5.74) is 1.93. The largest absolute Gasteiger partial charge is 0.369 e. The van der Waals surface area contributed by atoms with E-state index in [0.29, 0.717) is 5.82 Å². The highest BCUT2D eigenvalue weighted by Crippen LogP contribution is 2.34. The first-order valence-corrected chi connectivity index (χ1v) is 8.24. The van der Waals surface area contributed by atoms with Gasteiger partial charge in [-0.25, -0.2) is 15.0 Å². The molecule has 0 bridgehead atoms. The lowest BCUT2D eigenvalue weighted by molar-refractivity contribution is 0.564. The second-order valence-corrected chi connectivity index (χ2v) is 7.28. The minimum Gasteiger partial charge on any atom is -0.369 e. The summed E-state index contributed by atoms with van der Waals surface area (Å²) in [6.07, 6.45) is 0. The van der Waals surface area contributed by atoms with Crippen LogP contribution in [0.2, 0.25) is 0 Å². The molecule has 0 aromatic carbocycles. The first-order valence-electron chi connectivity index (χ1n) is 6.57. The van der Waals surface area contributed by atoms with Gasteiger partial charge >= 0.3 is 0 Å². The van der Waals surface area contributed by atoms with Gasteiger partial charge < -0.3 is 5.32 Å². The van der Waals surface area contributed by atoms with Crippen molar-refractivity contribution in [3.05, 3.63) is 21.2 Å². The summed E-state index contributed by atoms with van der Waals surface area (Å²) >= 11 is 5.20. The van der Waals surface area contributed by atoms with Crippen LogP contribution in [0.4, 0.5) is 5.82 Å². The average molecular weight is 355 g/mol. The van der Waals surface area contributed by atoms with E-state index >= 15 is 0 Å². The van der Waals surface area contributed by atoms with Gasteiger partial charge in [-0.05, 0) is 29.8 Å². The van der Waals surface area contributed by atoms with Gasteiger partial charge in [0.2, 0.25) is 0 Å². The molecule has 2 heterocycles. The maximum atomic E-state index is 4.72. The van der Waals surface area contributed by atoms with E-state index in [-0.39, 0.29) is 5.41 Å². The van der Waals surface area contributed by atoms with E-state index in [9.17, 15) is 0 Å². The molecule has 0 fully saturated rings. The third-order valence-electron chi connectivity index (χ3n) is 2.72. The van der Waals surface area contributed by atoms with Crippen LogP contribution in [0.1, 0.15) is 39.1 Å². The van der Waals surface area contributed by atoms with Crippen LogP contribution in [-0.2, 0) is 5.41 Å². The standard InChI is InChI=1S/C14H19BrN4S/c1-6-16-11-9(15)10(14(3,4)5)18-12(19-11)13-17-8(2)7-20-13/h7H,6H2,1-5H3,(H,16,18,19). The number of nitrogens with one attached hydrogen (secondary N) is 1. The number of anilines is 1. The summed E-state index contributed by atoms with van der Waals surface area (Å²) in [6, 6.07) is 0. The summed E-state index contributed by atoms with van der Waals surface area (Å²) in [5, 5.41) is 6.16. The molecule has 4 nitrogen and oxygen atoms in total. The second kappa shape index (κ2) is 5.77. The zero-order chi connectivity index (χ0) is 14.9. The molecule has 1 N–H and O–H groups in total. The van der Waals surface area contributed by atoms with Gasteiger partial charge in [0.15, 0.2) is 10.8 Å². The molecule has 0 spiro atoms. The Kier molecular flexibility index (Phi) is 4.44. The van der Waals surface area contributed by atoms with Crippen LogP contribution < -0.4 is 5.32 Å². The number of aryl methyl sites for hydroxylation is 1. The van der Waals surface area contributed by atoms with Crippen molar-refractivity contribution in [1.82, 2.24) is 15.0 Å². The van der Waals surface area contributed by atoms with E-state index in [2.05, 4.69) is 58.9 Å². The number of rotatable bonds is 3. The molecule has 2 rings (SSSR count). The van der Waals surface area contributed by atoms with Gasteiger partial charge in [-0.2, -0.15) is 0 Å². The van der Waals surface area contributed by atoms with Gasteiger partial charge in [0, 0.05) is 23.0 Å². The minimum atomic E-state index is -0.0625. The number of hydrogen-bond acceptors (Lipinski definition) is 5. The monoisotopic (exact) mass is 354 g/mol. The van der Waals surface area contributed by atoms with Crippen molar-refractivity contribution in [2.75, 3.05) is 11.9 Å². The molecule has 0 atom stereocenters. The Morgan fingerprint density at radius 3 is 2.45 bits per heavy atom. The third-order valence-corrected chi connectivity index (χ3v) is 4.42. The molecule has 0 amide bonds. The van der Waals surface area contributed by atoms with Crippen molar-refractivity contribution in [2.45, 2.75) is 40.0 Å². The highest BCUT2D eigenvalue weighted by molar-refractivity contribution is 9.10. The fourth-order valence-electron chi connectivity index (χ4n) is 1.78. The first-order chi connectivity index (χ1) is 9.32. The molecule has 0 saturated carbocycles. The van der Waals surface area contributed by atoms with Gasteiger partial charge in [0.1, 0.15) is 5.82 Å². The maximum Gasteiger partial charge on any atom is 0.191 e. The first kappa shape index (κ1) is 15.4. The van der Waals surface area contributed by atoms with Gasteiger partial charge in [-0.3, -0.25) is 0 Å². The Hall–Kier alpha value is -1.01. The number of nitrogens with zero attached hydrogens (tertiary/aromatic N) is 3. The molecule has 0 aliphatic carbocycles. The van der Waals surface area contributed by atoms with Crippen molar-refractivity contribution < 1.29 is 0 Å². The summed E-state index contributed by atoms with van der Waals surface area (Å²) < 4.78 is 0.934. The molecule has 0 radical (unpaired) electrons. The normalized spacial score (nSPS) is 11.7. The van der Waals surface area contributed by atoms with E-state index in [1.165, 1.54) is 0 Å². The van der Waals surface area contributed by atoms with Crippen molar-refractivity contribution >= 4 is 33.1 Å². The predicted octanol–water partition coefficient (Wildman–Crippen LogP) is 4.40. The molecule has 0 aliphatic rings. The minimum absolute atomic E-state index is 0.0625. The van der Waals surface area contributed by atoms with Crippen LogP contribution in [0.5, 0.6) is 0 Å². The Balaban J connectivity index is 2.61. The van der Waals surface area contributed by atoms with E-state index < -0.39 is 0 Å². The molecule has 108 valence electrons. The van der Waals surface area contributed by atoms with E-state index in [1.807, 2.05) is 12.3 Å². The molecule has 2 aromatic rings. The molecule has 6 heteroatoms. The van der Waals surface area contributed by atoms with Crippen LogP contribution in [0.25, 0.3) is 10.8 Å². The molecular formula is C14H19BrN4S. The highest BCUT2D eigenvalue weighted by Gasteiger charge is 2.24. The Labute approximate surface area is 132 Å². The van der Waals surface area contributed by atoms with E-state index in [1.54, 1.807) is 11.3 Å². The van der Waals surface area contributed by atoms with Gasteiger partial charge in [-0.1, -0.05) is 20.8 Å². The smallest absolute Gasteiger partial charge is 0.191 e. The molecule has 20 heavy (non-hydrogen) atoms. The molecule has 0 saturated heterocycles. The van der Waals surface area contributed by atoms with E-state index in [4.69, 9.17) is 4.98 Å². The average Bonchev–Trinajstić information content (AvgIpc) is 2.77. The fourth-order valence-corrected chi connectivity index (χ4v) is 3.42. The Morgan fingerprint density at radius 1 is 1.25 bits per heavy atom. The number of hydrogen-bond donors (Lipinski definition) is 1. The van der Waals surface area contributed by atoms with Gasteiger partial charge in [0.05, 0.1) is 10.2 Å². The number of thiazole rings is 1. The Morgan fingerprint density at radius 2 is 1.95 bits per heavy atom. The zero-order valence-electron chi connectivity index (χ0n) is 12.4. The number of aromatic nitrogens is 3. The summed E-state index contributed by atoms with van der Waals surface area (Å²) in [4.78, 5) is 13.8. The third kappa shape index (κ3) is 3.17. The van der Waals surface area contributed by atoms with Crippen LogP contribution in [0.15, 0.2) is 9.85 Å². The lowest BCUT2D eigenvalue weighted by Gasteiger charge is -2.21. The number of halogens is 1. The van der Waals surface area contributed by atoms with Crippen molar-refractivity contribution in [3.63, 3.8) is 0 Å². The highest BCUT2D eigenvalue weighted by atomic mass is 79.9. The molecule has 0 aliphatic heterocycles. The lowest BCUT2D eigenvalue weighted by atomic mass is 9.92. The quantitative estimate of drug-likeness (QED) is 0.887. The lowest BCUT2D eigenvalue weighted by Crippen LogP contribution is -2.17. The van der Waals surface area contributed by atoms with E-state index in [0.717, 1.165) is 33.2 Å². The Bertz CT molecular complexity index is 616. The molecule has 0 unspecified atom stereocenters. The SMILES string of the molecule is CCNc1nc(-c2nc(C)cs2)nc(C(C)(C)C)c1Br. The fraction of sp³-hybridized carbons (Fsp3) is 0.500. The molecular weight excluding hydrogens is 336 g/mol. The van der Waals surface area contributed by atoms with Crippen LogP contribution >= 0.6 is 27.3 Å². The molecule has 2 aromatic heterocycles. The predicted molar refractivity (Wildman–Crippen MR) is 88.4 cm³/mol. The van der Waals surface area contributed by atoms with Crippen LogP contribution in [0, 0.1) is 6.92 Å². The topological polar surface area (TPSA) is 50.7 Å². The van der Waals surface area contributed by atoms with Crippen molar-refractivity contribution in [1.29, 1.82) is 0 Å². The van der Waals surface area contributed by atoms with Crippen molar-refractivity contribution in [2.24, 2.45) is 0 Å². The zero-order valence-corrected chi connectivity index (χ0v) is 14.8. The summed E-state index contributed by atoms with van der Waals surface area (Å²) in [6.45, 7) is 11.3. The summed E-state index contributed by atoms with van der Waals surface area (Å²) in [5.74, 6) is 1.52. The van der Waals surface area contributed by atoms with Crippen LogP contribution in [0.3, 0.4) is 0 Å². The second-order valence-electron chi connectivity index (χ2n) is 5.63.